The van der Waals surface area contributed by atoms with Crippen LogP contribution in [0.3, 0.4) is 0 Å². The molecule has 0 spiro atoms. The highest BCUT2D eigenvalue weighted by atomic mass is 79.9. The summed E-state index contributed by atoms with van der Waals surface area (Å²) in [6, 6.07) is 4.18. The predicted octanol–water partition coefficient (Wildman–Crippen LogP) is 3.58. The molecule has 0 fully saturated rings. The van der Waals surface area contributed by atoms with E-state index in [0.717, 1.165) is 23.0 Å². The van der Waals surface area contributed by atoms with Gasteiger partial charge in [-0.05, 0) is 36.1 Å². The molecule has 0 unspecified atom stereocenters. The maximum Gasteiger partial charge on any atom is 0.0379 e. The summed E-state index contributed by atoms with van der Waals surface area (Å²) < 4.78 is 1.13. The predicted molar refractivity (Wildman–Crippen MR) is 64.6 cm³/mol. The molecule has 2 N–H and O–H groups in total. The second kappa shape index (κ2) is 5.51. The van der Waals surface area contributed by atoms with E-state index < -0.39 is 0 Å². The molecular formula is C10H15BrClN. The van der Waals surface area contributed by atoms with Crippen molar-refractivity contribution in [1.29, 1.82) is 0 Å². The average molecular weight is 265 g/mol. The largest absolute Gasteiger partial charge is 0.398 e. The minimum Gasteiger partial charge on any atom is -0.398 e. The van der Waals surface area contributed by atoms with Crippen LogP contribution in [0.5, 0.6) is 0 Å². The standard InChI is InChI=1S/C10H14BrN.ClH/c1-3-7-5-9(11)6-8(4-2)10(7)12;/h5-6H,3-4,12H2,1-2H3;1H. The van der Waals surface area contributed by atoms with Gasteiger partial charge >= 0.3 is 0 Å². The molecule has 0 amide bonds. The molecule has 0 radical (unpaired) electrons. The van der Waals surface area contributed by atoms with Crippen LogP contribution in [0.2, 0.25) is 0 Å². The Morgan fingerprint density at radius 2 is 1.54 bits per heavy atom. The Morgan fingerprint density at radius 1 is 1.15 bits per heavy atom. The van der Waals surface area contributed by atoms with Gasteiger partial charge in [-0.1, -0.05) is 29.8 Å². The minimum atomic E-state index is 0. The minimum absolute atomic E-state index is 0. The van der Waals surface area contributed by atoms with Gasteiger partial charge in [0.15, 0.2) is 0 Å². The van der Waals surface area contributed by atoms with Crippen LogP contribution >= 0.6 is 28.3 Å². The van der Waals surface area contributed by atoms with Crippen molar-refractivity contribution in [2.24, 2.45) is 0 Å². The van der Waals surface area contributed by atoms with E-state index in [-0.39, 0.29) is 12.4 Å². The molecule has 0 bridgehead atoms. The van der Waals surface area contributed by atoms with Crippen LogP contribution in [0, 0.1) is 0 Å². The molecule has 0 heterocycles. The van der Waals surface area contributed by atoms with Gasteiger partial charge in [0.05, 0.1) is 0 Å². The van der Waals surface area contributed by atoms with Gasteiger partial charge in [0.25, 0.3) is 0 Å². The lowest BCUT2D eigenvalue weighted by Gasteiger charge is -2.08. The molecule has 0 aliphatic heterocycles. The van der Waals surface area contributed by atoms with Crippen molar-refractivity contribution < 1.29 is 0 Å². The molecule has 0 aliphatic carbocycles. The van der Waals surface area contributed by atoms with Gasteiger partial charge in [-0.25, -0.2) is 0 Å². The molecular weight excluding hydrogens is 249 g/mol. The zero-order chi connectivity index (χ0) is 9.14. The Balaban J connectivity index is 0.00000144. The Morgan fingerprint density at radius 3 is 1.85 bits per heavy atom. The molecule has 13 heavy (non-hydrogen) atoms. The third-order valence-electron chi connectivity index (χ3n) is 2.08. The lowest BCUT2D eigenvalue weighted by Crippen LogP contribution is -1.98. The summed E-state index contributed by atoms with van der Waals surface area (Å²) in [5.41, 5.74) is 9.39. The highest BCUT2D eigenvalue weighted by molar-refractivity contribution is 9.10. The molecule has 0 aliphatic rings. The van der Waals surface area contributed by atoms with Gasteiger partial charge in [-0.2, -0.15) is 0 Å². The summed E-state index contributed by atoms with van der Waals surface area (Å²) >= 11 is 3.47. The maximum absolute atomic E-state index is 5.95. The number of rotatable bonds is 2. The summed E-state index contributed by atoms with van der Waals surface area (Å²) in [5.74, 6) is 0. The van der Waals surface area contributed by atoms with Crippen molar-refractivity contribution in [1.82, 2.24) is 0 Å². The molecule has 0 saturated carbocycles. The van der Waals surface area contributed by atoms with Crippen molar-refractivity contribution in [2.45, 2.75) is 26.7 Å². The van der Waals surface area contributed by atoms with Crippen molar-refractivity contribution in [3.63, 3.8) is 0 Å². The van der Waals surface area contributed by atoms with Crippen molar-refractivity contribution >= 4 is 34.0 Å². The topological polar surface area (TPSA) is 26.0 Å². The van der Waals surface area contributed by atoms with E-state index in [4.69, 9.17) is 5.73 Å². The fraction of sp³-hybridized carbons (Fsp3) is 0.400. The van der Waals surface area contributed by atoms with Gasteiger partial charge < -0.3 is 5.73 Å². The first-order valence-corrected chi connectivity index (χ1v) is 5.05. The zero-order valence-electron chi connectivity index (χ0n) is 7.93. The molecule has 1 nitrogen and oxygen atoms in total. The molecule has 1 rings (SSSR count). The normalized spacial score (nSPS) is 9.46. The second-order valence-electron chi connectivity index (χ2n) is 2.84. The number of hydrogen-bond acceptors (Lipinski definition) is 1. The van der Waals surface area contributed by atoms with Gasteiger partial charge in [0, 0.05) is 10.2 Å². The Labute approximate surface area is 94.3 Å². The van der Waals surface area contributed by atoms with Crippen molar-refractivity contribution in [2.75, 3.05) is 5.73 Å². The summed E-state index contributed by atoms with van der Waals surface area (Å²) in [4.78, 5) is 0. The third kappa shape index (κ3) is 2.89. The molecule has 0 saturated heterocycles. The van der Waals surface area contributed by atoms with Crippen LogP contribution in [0.15, 0.2) is 16.6 Å². The molecule has 3 heteroatoms. The van der Waals surface area contributed by atoms with E-state index in [0.29, 0.717) is 0 Å². The summed E-state index contributed by atoms with van der Waals surface area (Å²) in [7, 11) is 0. The number of anilines is 1. The number of aryl methyl sites for hydroxylation is 2. The Hall–Kier alpha value is -0.210. The third-order valence-corrected chi connectivity index (χ3v) is 2.54. The van der Waals surface area contributed by atoms with Gasteiger partial charge in [-0.15, -0.1) is 12.4 Å². The number of nitrogens with two attached hydrogens (primary N) is 1. The second-order valence-corrected chi connectivity index (χ2v) is 3.76. The average Bonchev–Trinajstić information content (AvgIpc) is 2.08. The molecule has 1 aromatic rings. The highest BCUT2D eigenvalue weighted by Crippen LogP contribution is 2.24. The zero-order valence-corrected chi connectivity index (χ0v) is 10.3. The fourth-order valence-electron chi connectivity index (χ4n) is 1.32. The monoisotopic (exact) mass is 263 g/mol. The van der Waals surface area contributed by atoms with E-state index >= 15 is 0 Å². The van der Waals surface area contributed by atoms with Crippen LogP contribution in [-0.2, 0) is 12.8 Å². The van der Waals surface area contributed by atoms with Crippen LogP contribution in [0.25, 0.3) is 0 Å². The number of benzene rings is 1. The summed E-state index contributed by atoms with van der Waals surface area (Å²) in [6.07, 6.45) is 2.00. The first kappa shape index (κ1) is 12.8. The van der Waals surface area contributed by atoms with E-state index in [2.05, 4.69) is 41.9 Å². The molecule has 0 aromatic heterocycles. The van der Waals surface area contributed by atoms with Crippen LogP contribution < -0.4 is 5.73 Å². The van der Waals surface area contributed by atoms with Gasteiger partial charge in [-0.3, -0.25) is 0 Å². The number of nitrogen functional groups attached to an aromatic ring is 1. The van der Waals surface area contributed by atoms with Crippen molar-refractivity contribution in [3.8, 4) is 0 Å². The first-order chi connectivity index (χ1) is 5.69. The summed E-state index contributed by atoms with van der Waals surface area (Å²) in [6.45, 7) is 4.25. The SMILES string of the molecule is CCc1cc(Br)cc(CC)c1N.Cl. The van der Waals surface area contributed by atoms with E-state index in [1.165, 1.54) is 11.1 Å². The summed E-state index contributed by atoms with van der Waals surface area (Å²) in [5, 5.41) is 0. The number of hydrogen-bond donors (Lipinski definition) is 1. The van der Waals surface area contributed by atoms with Crippen LogP contribution in [0.1, 0.15) is 25.0 Å². The lowest BCUT2D eigenvalue weighted by molar-refractivity contribution is 1.09. The number of halogens is 2. The van der Waals surface area contributed by atoms with Gasteiger partial charge in [0.1, 0.15) is 0 Å². The van der Waals surface area contributed by atoms with Gasteiger partial charge in [0.2, 0.25) is 0 Å². The quantitative estimate of drug-likeness (QED) is 0.812. The maximum atomic E-state index is 5.95. The van der Waals surface area contributed by atoms with E-state index in [1.54, 1.807) is 0 Å². The van der Waals surface area contributed by atoms with Crippen LogP contribution in [0.4, 0.5) is 5.69 Å². The molecule has 1 aromatic carbocycles. The molecule has 74 valence electrons. The Kier molecular flexibility index (Phi) is 5.42. The Bertz CT molecular complexity index is 261. The first-order valence-electron chi connectivity index (χ1n) is 4.25. The highest BCUT2D eigenvalue weighted by Gasteiger charge is 2.03. The smallest absolute Gasteiger partial charge is 0.0379 e. The lowest BCUT2D eigenvalue weighted by atomic mass is 10.0. The van der Waals surface area contributed by atoms with Crippen LogP contribution in [-0.4, -0.2) is 0 Å². The fourth-order valence-corrected chi connectivity index (χ4v) is 1.87. The molecule has 0 atom stereocenters. The van der Waals surface area contributed by atoms with Crippen molar-refractivity contribution in [3.05, 3.63) is 27.7 Å². The van der Waals surface area contributed by atoms with E-state index in [9.17, 15) is 0 Å². The van der Waals surface area contributed by atoms with E-state index in [1.807, 2.05) is 0 Å².